The van der Waals surface area contributed by atoms with Crippen LogP contribution < -0.4 is 24.4 Å². The first-order chi connectivity index (χ1) is 65.7. The molecule has 24 rings (SSSR count). The summed E-state index contributed by atoms with van der Waals surface area (Å²) in [7, 11) is -4.07. The van der Waals surface area contributed by atoms with E-state index in [0.29, 0.717) is 5.39 Å². The van der Waals surface area contributed by atoms with E-state index in [2.05, 4.69) is 361 Å². The van der Waals surface area contributed by atoms with Gasteiger partial charge in [0.1, 0.15) is 11.5 Å². The van der Waals surface area contributed by atoms with Gasteiger partial charge in [-0.05, 0) is 298 Å². The molecule has 0 heterocycles. The quantitative estimate of drug-likeness (QED) is 0.0342. The fourth-order valence-electron chi connectivity index (χ4n) is 21.0. The second kappa shape index (κ2) is 37.5. The molecule has 22 aromatic carbocycles. The molecule has 0 aliphatic heterocycles. The van der Waals surface area contributed by atoms with Gasteiger partial charge in [0.15, 0.2) is 0 Å². The summed E-state index contributed by atoms with van der Waals surface area (Å²) in [6, 6.07) is 146. The van der Waals surface area contributed by atoms with Crippen molar-refractivity contribution in [2.45, 2.75) is 88.0 Å². The number of ether oxygens (including phenoxy) is 1. The van der Waals surface area contributed by atoms with E-state index in [-0.39, 0.29) is 13.7 Å². The van der Waals surface area contributed by atoms with E-state index in [4.69, 9.17) is 4.74 Å². The van der Waals surface area contributed by atoms with Crippen LogP contribution in [0.2, 0.25) is 0 Å². The molecular formula is C123H98F3N2O4PS. The number of anilines is 5. The Hall–Kier alpha value is -14.7. The number of benzene rings is 22. The molecule has 0 bridgehead atoms. The zero-order valence-electron chi connectivity index (χ0n) is 74.6. The number of hydrogen-bond donors (Lipinski definition) is 1. The molecule has 0 saturated heterocycles. The maximum atomic E-state index is 12.8. The number of rotatable bonds is 16. The normalized spacial score (nSPS) is 13.3. The maximum Gasteiger partial charge on any atom is 0.534 e. The smallest absolute Gasteiger partial charge is 0.496 e. The Morgan fingerprint density at radius 2 is 0.612 bits per heavy atom. The largest absolute Gasteiger partial charge is 0.534 e. The summed E-state index contributed by atoms with van der Waals surface area (Å²) >= 11 is 0. The van der Waals surface area contributed by atoms with Crippen molar-refractivity contribution >= 4 is 160 Å². The monoisotopic (exact) mass is 1790 g/mol. The van der Waals surface area contributed by atoms with Crippen LogP contribution in [-0.4, -0.2) is 32.4 Å². The molecule has 2 aliphatic rings. The van der Waals surface area contributed by atoms with Crippen molar-refractivity contribution in [1.29, 1.82) is 0 Å². The third-order valence-electron chi connectivity index (χ3n) is 27.3. The molecule has 2 aliphatic carbocycles. The lowest BCUT2D eigenvalue weighted by Gasteiger charge is -2.39. The van der Waals surface area contributed by atoms with E-state index in [1.807, 2.05) is 67.8 Å². The van der Waals surface area contributed by atoms with Crippen LogP contribution in [0.15, 0.2) is 419 Å². The van der Waals surface area contributed by atoms with Crippen molar-refractivity contribution in [2.24, 2.45) is 0 Å². The van der Waals surface area contributed by atoms with Crippen LogP contribution in [0.3, 0.4) is 0 Å². The Bertz CT molecular complexity index is 7920. The second-order valence-electron chi connectivity index (χ2n) is 35.3. The van der Waals surface area contributed by atoms with Crippen molar-refractivity contribution < 1.29 is 30.5 Å². The minimum atomic E-state index is -5.76. The molecule has 0 atom stereocenters. The molecule has 0 radical (unpaired) electrons. The van der Waals surface area contributed by atoms with E-state index in [1.165, 1.54) is 191 Å². The van der Waals surface area contributed by atoms with Crippen LogP contribution in [0.4, 0.5) is 41.6 Å². The first-order valence-corrected chi connectivity index (χ1v) is 49.4. The van der Waals surface area contributed by atoms with Crippen molar-refractivity contribution in [3.8, 4) is 67.1 Å². The zero-order chi connectivity index (χ0) is 90.8. The number of halogens is 3. The number of fused-ring (bicyclic) bond motifs is 12. The lowest BCUT2D eigenvalue weighted by molar-refractivity contribution is -0.0500. The molecule has 0 amide bonds. The summed E-state index contributed by atoms with van der Waals surface area (Å²) in [4.78, 5) is 2.39. The van der Waals surface area contributed by atoms with E-state index < -0.39 is 15.6 Å². The standard InChI is InChI=1S/C48H31N.C26H35OP.C25H13F3O3S.C24H19N/c1-3-11-32(12-4-1)34-21-25-36(26-22-34)49(37-27-23-35(24-28-37)33-13-5-2-6-14-33)38-29-30-41-44-19-9-17-42-39-15-7-8-16-40(39)43-18-10-20-45(46(41)31-38)48(43)47(42)44;1-20-12-11-18-24(27-2)26(20)23-17-9-10-19-25(23)28(21-13-5-3-6-14-21)22-15-7-4-8-16-22;26-25(27,28)32(29,30)31-14-11-12-17-20-9-3-7-18-15-5-1-2-6-16(15)19-8-4-10-21(22(17)13-14)24(19)23(18)20;1-3-7-19(8-4-1)21-11-15-23(16-12-21)25-24-17-13-22(14-18-24)20-9-5-2-6-10-20/h1-31H;9-12,17-19,21-22H,3-8,13-16H2,1-2H3;1-13H;1-18,25H. The Morgan fingerprint density at radius 1 is 0.306 bits per heavy atom. The van der Waals surface area contributed by atoms with Gasteiger partial charge in [-0.15, -0.1) is 0 Å². The van der Waals surface area contributed by atoms with Gasteiger partial charge in [-0.3, -0.25) is 0 Å². The van der Waals surface area contributed by atoms with Crippen molar-refractivity contribution in [2.75, 3.05) is 17.3 Å². The van der Waals surface area contributed by atoms with Crippen LogP contribution in [0.25, 0.3) is 163 Å². The van der Waals surface area contributed by atoms with Crippen molar-refractivity contribution in [1.82, 2.24) is 0 Å². The average molecular weight is 1790 g/mol. The molecule has 0 unspecified atom stereocenters. The Morgan fingerprint density at radius 3 is 0.993 bits per heavy atom. The van der Waals surface area contributed by atoms with Gasteiger partial charge in [0.05, 0.1) is 7.11 Å². The predicted molar refractivity (Wildman–Crippen MR) is 562 cm³/mol. The number of nitrogens with zero attached hydrogens (tertiary/aromatic N) is 1. The van der Waals surface area contributed by atoms with Gasteiger partial charge in [0, 0.05) is 34.0 Å². The Balaban J connectivity index is 0.000000112. The highest BCUT2D eigenvalue weighted by atomic mass is 32.2. The molecule has 656 valence electrons. The minimum absolute atomic E-state index is 0.122. The summed E-state index contributed by atoms with van der Waals surface area (Å²) < 4.78 is 71.8. The number of methoxy groups -OCH3 is 1. The molecule has 2 saturated carbocycles. The Labute approximate surface area is 781 Å². The summed E-state index contributed by atoms with van der Waals surface area (Å²) in [6.45, 7) is 2.23. The molecule has 1 N–H and O–H groups in total. The number of nitrogens with one attached hydrogen (secondary N) is 1. The average Bonchev–Trinajstić information content (AvgIpc) is 0.705. The van der Waals surface area contributed by atoms with Crippen LogP contribution in [-0.2, 0) is 10.1 Å². The molecular weight excluding hydrogens is 1690 g/mol. The lowest BCUT2D eigenvalue weighted by Crippen LogP contribution is -2.28. The maximum absolute atomic E-state index is 12.8. The zero-order valence-corrected chi connectivity index (χ0v) is 76.3. The van der Waals surface area contributed by atoms with E-state index >= 15 is 0 Å². The van der Waals surface area contributed by atoms with Crippen LogP contribution >= 0.6 is 7.92 Å². The van der Waals surface area contributed by atoms with E-state index in [9.17, 15) is 21.6 Å². The summed E-state index contributed by atoms with van der Waals surface area (Å²) in [5.74, 6) is 0.643. The fourth-order valence-corrected chi connectivity index (χ4v) is 25.4. The summed E-state index contributed by atoms with van der Waals surface area (Å²) in [6.07, 6.45) is 14.4. The minimum Gasteiger partial charge on any atom is -0.496 e. The van der Waals surface area contributed by atoms with Gasteiger partial charge in [-0.25, -0.2) is 0 Å². The Kier molecular flexibility index (Phi) is 24.1. The van der Waals surface area contributed by atoms with Crippen molar-refractivity contribution in [3.05, 3.63) is 424 Å². The first-order valence-electron chi connectivity index (χ1n) is 46.5. The van der Waals surface area contributed by atoms with E-state index in [1.54, 1.807) is 11.4 Å². The van der Waals surface area contributed by atoms with Gasteiger partial charge in [0.25, 0.3) is 0 Å². The second-order valence-corrected chi connectivity index (χ2v) is 39.6. The van der Waals surface area contributed by atoms with Gasteiger partial charge in [-0.1, -0.05) is 380 Å². The summed E-state index contributed by atoms with van der Waals surface area (Å²) in [5.41, 5.74) is 15.8. The van der Waals surface area contributed by atoms with Gasteiger partial charge >= 0.3 is 15.6 Å². The van der Waals surface area contributed by atoms with E-state index in [0.717, 1.165) is 94.0 Å². The number of alkyl halides is 3. The fraction of sp³-hybridized carbons (Fsp3) is 0.122. The lowest BCUT2D eigenvalue weighted by atomic mass is 9.86. The van der Waals surface area contributed by atoms with Crippen LogP contribution in [0.5, 0.6) is 11.5 Å². The molecule has 11 heteroatoms. The van der Waals surface area contributed by atoms with Crippen molar-refractivity contribution in [3.63, 3.8) is 0 Å². The molecule has 0 spiro atoms. The highest BCUT2D eigenvalue weighted by molar-refractivity contribution is 7.88. The number of aryl methyl sites for hydroxylation is 1. The van der Waals surface area contributed by atoms with Crippen LogP contribution in [0, 0.1) is 6.92 Å². The number of hydrogen-bond acceptors (Lipinski definition) is 6. The highest BCUT2D eigenvalue weighted by Gasteiger charge is 2.49. The van der Waals surface area contributed by atoms with Gasteiger partial charge in [0.2, 0.25) is 0 Å². The SMILES string of the molecule is COc1cccc(C)c1-c1ccccc1P(C1CCCCC1)C1CCCCC1.O=S(=O)(Oc1ccc2c(c1)c1cccc3c4ccccc4c4cccc2c4c31)C(F)(F)F.c1ccc(-c2ccc(N(c3ccc(-c4ccccc4)cc3)c3ccc4c(c3)c3cccc5c6ccccc6c6cccc4c6c53)cc2)cc1.c1ccc(-c2ccc(Nc3ccc(-c4ccccc4)cc3)cc2)cc1. The molecule has 6 nitrogen and oxygen atoms in total. The molecule has 22 aromatic rings. The topological polar surface area (TPSA) is 67.9 Å². The van der Waals surface area contributed by atoms with Gasteiger partial charge < -0.3 is 19.1 Å². The first kappa shape index (κ1) is 86.1. The van der Waals surface area contributed by atoms with Crippen LogP contribution in [0.1, 0.15) is 69.8 Å². The third kappa shape index (κ3) is 16.9. The molecule has 134 heavy (non-hydrogen) atoms. The summed E-state index contributed by atoms with van der Waals surface area (Å²) in [5, 5.41) is 27.8. The predicted octanol–water partition coefficient (Wildman–Crippen LogP) is 35.0. The van der Waals surface area contributed by atoms with Gasteiger partial charge in [-0.2, -0.15) is 21.6 Å². The molecule has 0 aromatic heterocycles. The molecule has 2 fully saturated rings. The third-order valence-corrected chi connectivity index (χ3v) is 31.8. The highest BCUT2D eigenvalue weighted by Crippen LogP contribution is 2.58.